The average molecular weight is 360 g/mol. The van der Waals surface area contributed by atoms with Gasteiger partial charge in [0.05, 0.1) is 16.6 Å². The summed E-state index contributed by atoms with van der Waals surface area (Å²) < 4.78 is 5.84. The van der Waals surface area contributed by atoms with Gasteiger partial charge in [-0.2, -0.15) is 5.26 Å². The molecule has 0 saturated carbocycles. The fourth-order valence-corrected chi connectivity index (χ4v) is 2.87. The molecule has 4 aromatic rings. The first-order valence-electron chi connectivity index (χ1n) is 8.07. The first kappa shape index (κ1) is 16.2. The fraction of sp³-hybridized carbons (Fsp3) is 0.0476. The first-order chi connectivity index (χ1) is 12.6. The number of rotatable bonds is 3. The van der Waals surface area contributed by atoms with Crippen molar-refractivity contribution in [1.29, 1.82) is 5.26 Å². The molecule has 2 aromatic carbocycles. The minimum Gasteiger partial charge on any atom is -0.457 e. The molecule has 0 fully saturated rings. The number of aromatic nitrogens is 2. The standard InChI is InChI=1S/C21H14ClN3O/c1-13-2-8-18-19(10-13)25-21(24-18)15(12-23)11-17-7-9-20(26-17)14-3-5-16(22)6-4-14/h2-11H,1H3,(H,24,25). The van der Waals surface area contributed by atoms with E-state index in [4.69, 9.17) is 16.0 Å². The molecule has 0 spiro atoms. The predicted octanol–water partition coefficient (Wildman–Crippen LogP) is 5.85. The normalized spacial score (nSPS) is 11.7. The third-order valence-corrected chi connectivity index (χ3v) is 4.31. The molecular weight excluding hydrogens is 346 g/mol. The smallest absolute Gasteiger partial charge is 0.149 e. The summed E-state index contributed by atoms with van der Waals surface area (Å²) in [6, 6.07) is 19.2. The maximum Gasteiger partial charge on any atom is 0.149 e. The zero-order valence-electron chi connectivity index (χ0n) is 14.0. The number of nitriles is 1. The number of fused-ring (bicyclic) bond motifs is 1. The van der Waals surface area contributed by atoms with Gasteiger partial charge in [0.2, 0.25) is 0 Å². The number of allylic oxidation sites excluding steroid dienone is 1. The largest absolute Gasteiger partial charge is 0.457 e. The number of hydrogen-bond acceptors (Lipinski definition) is 3. The molecule has 126 valence electrons. The van der Waals surface area contributed by atoms with Crippen LogP contribution in [-0.4, -0.2) is 9.97 Å². The Hall–Kier alpha value is -3.29. The van der Waals surface area contributed by atoms with Gasteiger partial charge in [-0.3, -0.25) is 0 Å². The minimum absolute atomic E-state index is 0.413. The Morgan fingerprint density at radius 3 is 2.73 bits per heavy atom. The van der Waals surface area contributed by atoms with E-state index in [-0.39, 0.29) is 0 Å². The summed E-state index contributed by atoms with van der Waals surface area (Å²) in [5, 5.41) is 10.2. The quantitative estimate of drug-likeness (QED) is 0.466. The monoisotopic (exact) mass is 359 g/mol. The van der Waals surface area contributed by atoms with Crippen LogP contribution in [0.25, 0.3) is 34.0 Å². The zero-order chi connectivity index (χ0) is 18.1. The van der Waals surface area contributed by atoms with E-state index in [0.29, 0.717) is 27.9 Å². The van der Waals surface area contributed by atoms with E-state index in [1.165, 1.54) is 0 Å². The lowest BCUT2D eigenvalue weighted by Crippen LogP contribution is -1.84. The fourth-order valence-electron chi connectivity index (χ4n) is 2.75. The van der Waals surface area contributed by atoms with Crippen molar-refractivity contribution >= 4 is 34.3 Å². The third-order valence-electron chi connectivity index (χ3n) is 4.06. The Morgan fingerprint density at radius 1 is 1.15 bits per heavy atom. The molecule has 26 heavy (non-hydrogen) atoms. The molecule has 0 aliphatic carbocycles. The van der Waals surface area contributed by atoms with Gasteiger partial charge in [0.15, 0.2) is 0 Å². The van der Waals surface area contributed by atoms with E-state index >= 15 is 0 Å². The Bertz CT molecular complexity index is 1160. The van der Waals surface area contributed by atoms with Gasteiger partial charge < -0.3 is 9.40 Å². The Balaban J connectivity index is 1.69. The highest BCUT2D eigenvalue weighted by Gasteiger charge is 2.10. The molecule has 0 bridgehead atoms. The second-order valence-corrected chi connectivity index (χ2v) is 6.42. The van der Waals surface area contributed by atoms with E-state index in [2.05, 4.69) is 16.0 Å². The predicted molar refractivity (Wildman–Crippen MR) is 103 cm³/mol. The van der Waals surface area contributed by atoms with Crippen molar-refractivity contribution in [2.45, 2.75) is 6.92 Å². The molecule has 2 heterocycles. The number of nitrogens with one attached hydrogen (secondary N) is 1. The summed E-state index contributed by atoms with van der Waals surface area (Å²) in [5.74, 6) is 1.83. The molecule has 0 saturated heterocycles. The van der Waals surface area contributed by atoms with Gasteiger partial charge in [0.1, 0.15) is 23.4 Å². The van der Waals surface area contributed by atoms with Gasteiger partial charge >= 0.3 is 0 Å². The molecule has 2 aromatic heterocycles. The maximum absolute atomic E-state index is 9.54. The van der Waals surface area contributed by atoms with E-state index < -0.39 is 0 Å². The molecule has 0 amide bonds. The molecule has 4 rings (SSSR count). The van der Waals surface area contributed by atoms with Crippen molar-refractivity contribution in [3.8, 4) is 17.4 Å². The molecule has 0 aliphatic rings. The van der Waals surface area contributed by atoms with Crippen LogP contribution in [0.3, 0.4) is 0 Å². The summed E-state index contributed by atoms with van der Waals surface area (Å²) in [6.07, 6.45) is 1.68. The molecule has 0 atom stereocenters. The number of aryl methyl sites for hydroxylation is 1. The van der Waals surface area contributed by atoms with Gasteiger partial charge in [-0.05, 0) is 61.0 Å². The van der Waals surface area contributed by atoms with Crippen molar-refractivity contribution in [3.63, 3.8) is 0 Å². The maximum atomic E-state index is 9.54. The molecule has 5 heteroatoms. The highest BCUT2D eigenvalue weighted by Crippen LogP contribution is 2.26. The number of nitrogens with zero attached hydrogens (tertiary/aromatic N) is 2. The lowest BCUT2D eigenvalue weighted by Gasteiger charge is -1.97. The van der Waals surface area contributed by atoms with Crippen LogP contribution in [0, 0.1) is 18.3 Å². The number of imidazole rings is 1. The van der Waals surface area contributed by atoms with Crippen molar-refractivity contribution in [2.75, 3.05) is 0 Å². The Kier molecular flexibility index (Phi) is 4.08. The van der Waals surface area contributed by atoms with Crippen molar-refractivity contribution in [1.82, 2.24) is 9.97 Å². The molecule has 0 aliphatic heterocycles. The van der Waals surface area contributed by atoms with E-state index in [0.717, 1.165) is 22.2 Å². The van der Waals surface area contributed by atoms with Crippen molar-refractivity contribution in [2.24, 2.45) is 0 Å². The summed E-state index contributed by atoms with van der Waals surface area (Å²) >= 11 is 5.92. The van der Waals surface area contributed by atoms with Crippen LogP contribution in [0.4, 0.5) is 0 Å². The van der Waals surface area contributed by atoms with Crippen molar-refractivity contribution in [3.05, 3.63) is 76.8 Å². The Morgan fingerprint density at radius 2 is 1.96 bits per heavy atom. The van der Waals surface area contributed by atoms with Crippen LogP contribution in [0.15, 0.2) is 59.0 Å². The van der Waals surface area contributed by atoms with Gasteiger partial charge in [-0.25, -0.2) is 4.98 Å². The SMILES string of the molecule is Cc1ccc2nc(C(C#N)=Cc3ccc(-c4ccc(Cl)cc4)o3)[nH]c2c1. The van der Waals surface area contributed by atoms with E-state index in [1.54, 1.807) is 6.08 Å². The van der Waals surface area contributed by atoms with Crippen LogP contribution in [0.2, 0.25) is 5.02 Å². The van der Waals surface area contributed by atoms with E-state index in [9.17, 15) is 5.26 Å². The number of H-pyrrole nitrogens is 1. The third kappa shape index (κ3) is 3.13. The van der Waals surface area contributed by atoms with Crippen LogP contribution in [-0.2, 0) is 0 Å². The van der Waals surface area contributed by atoms with Gasteiger partial charge in [0.25, 0.3) is 0 Å². The summed E-state index contributed by atoms with van der Waals surface area (Å²) in [5.41, 5.74) is 4.20. The second-order valence-electron chi connectivity index (χ2n) is 5.98. The topological polar surface area (TPSA) is 65.6 Å². The van der Waals surface area contributed by atoms with Gasteiger partial charge in [-0.15, -0.1) is 0 Å². The van der Waals surface area contributed by atoms with Crippen LogP contribution < -0.4 is 0 Å². The summed E-state index contributed by atoms with van der Waals surface area (Å²) in [6.45, 7) is 2.02. The summed E-state index contributed by atoms with van der Waals surface area (Å²) in [4.78, 5) is 7.69. The van der Waals surface area contributed by atoms with Crippen molar-refractivity contribution < 1.29 is 4.42 Å². The lowest BCUT2D eigenvalue weighted by molar-refractivity contribution is 0.572. The second kappa shape index (κ2) is 6.55. The number of hydrogen-bond donors (Lipinski definition) is 1. The zero-order valence-corrected chi connectivity index (χ0v) is 14.7. The van der Waals surface area contributed by atoms with Crippen LogP contribution in [0.5, 0.6) is 0 Å². The number of furan rings is 1. The molecule has 1 N–H and O–H groups in total. The average Bonchev–Trinajstić information content (AvgIpc) is 3.26. The lowest BCUT2D eigenvalue weighted by atomic mass is 10.2. The molecular formula is C21H14ClN3O. The summed E-state index contributed by atoms with van der Waals surface area (Å²) in [7, 11) is 0. The van der Waals surface area contributed by atoms with Crippen LogP contribution >= 0.6 is 11.6 Å². The highest BCUT2D eigenvalue weighted by atomic mass is 35.5. The highest BCUT2D eigenvalue weighted by molar-refractivity contribution is 6.30. The molecule has 0 radical (unpaired) electrons. The van der Waals surface area contributed by atoms with Gasteiger partial charge in [-0.1, -0.05) is 17.7 Å². The number of aromatic amines is 1. The molecule has 4 nitrogen and oxygen atoms in total. The molecule has 0 unspecified atom stereocenters. The first-order valence-corrected chi connectivity index (χ1v) is 8.44. The van der Waals surface area contributed by atoms with Crippen LogP contribution in [0.1, 0.15) is 17.1 Å². The van der Waals surface area contributed by atoms with E-state index in [1.807, 2.05) is 61.5 Å². The minimum atomic E-state index is 0.413. The van der Waals surface area contributed by atoms with Gasteiger partial charge in [0, 0.05) is 16.7 Å². The Labute approximate surface area is 155 Å². The number of halogens is 1. The number of benzene rings is 2.